The first-order valence-electron chi connectivity index (χ1n) is 6.53. The summed E-state index contributed by atoms with van der Waals surface area (Å²) >= 11 is 11.9. The Balaban J connectivity index is 3.03. The molecule has 0 fully saturated rings. The van der Waals surface area contributed by atoms with Gasteiger partial charge in [-0.3, -0.25) is 0 Å². The zero-order valence-corrected chi connectivity index (χ0v) is 13.9. The van der Waals surface area contributed by atoms with Crippen LogP contribution in [0.2, 0.25) is 10.0 Å². The van der Waals surface area contributed by atoms with Gasteiger partial charge in [0.05, 0.1) is 5.02 Å². The lowest BCUT2D eigenvalue weighted by atomic mass is 10.0. The predicted molar refractivity (Wildman–Crippen MR) is 83.6 cm³/mol. The smallest absolute Gasteiger partial charge is 0.242 e. The molecule has 0 saturated heterocycles. The molecule has 1 rings (SSSR count). The highest BCUT2D eigenvalue weighted by atomic mass is 35.5. The van der Waals surface area contributed by atoms with Gasteiger partial charge >= 0.3 is 0 Å². The van der Waals surface area contributed by atoms with Crippen molar-refractivity contribution in [3.63, 3.8) is 0 Å². The number of hydrogen-bond donors (Lipinski definition) is 2. The van der Waals surface area contributed by atoms with Gasteiger partial charge in [-0.2, -0.15) is 0 Å². The molecule has 0 unspecified atom stereocenters. The summed E-state index contributed by atoms with van der Waals surface area (Å²) in [6.07, 6.45) is 1.84. The molecule has 0 aliphatic carbocycles. The van der Waals surface area contributed by atoms with Crippen molar-refractivity contribution in [1.82, 2.24) is 4.72 Å². The Kier molecular flexibility index (Phi) is 6.75. The molecule has 0 radical (unpaired) electrons. The quantitative estimate of drug-likeness (QED) is 0.801. The van der Waals surface area contributed by atoms with Gasteiger partial charge in [0.2, 0.25) is 10.0 Å². The van der Waals surface area contributed by atoms with Crippen LogP contribution in [0.25, 0.3) is 0 Å². The van der Waals surface area contributed by atoms with Gasteiger partial charge in [-0.15, -0.1) is 0 Å². The molecule has 1 aromatic carbocycles. The predicted octanol–water partition coefficient (Wildman–Crippen LogP) is 3.17. The van der Waals surface area contributed by atoms with Crippen LogP contribution in [0, 0.1) is 5.92 Å². The maximum atomic E-state index is 12.3. The van der Waals surface area contributed by atoms with Gasteiger partial charge < -0.3 is 5.73 Å². The minimum Gasteiger partial charge on any atom is -0.326 e. The second kappa shape index (κ2) is 7.61. The Morgan fingerprint density at radius 2 is 1.80 bits per heavy atom. The van der Waals surface area contributed by atoms with Gasteiger partial charge in [-0.25, -0.2) is 13.1 Å². The van der Waals surface area contributed by atoms with Crippen LogP contribution in [-0.4, -0.2) is 15.0 Å². The highest BCUT2D eigenvalue weighted by Crippen LogP contribution is 2.28. The van der Waals surface area contributed by atoms with Crippen LogP contribution in [-0.2, 0) is 16.6 Å². The lowest BCUT2D eigenvalue weighted by Crippen LogP contribution is -2.29. The van der Waals surface area contributed by atoms with E-state index in [-0.39, 0.29) is 16.5 Å². The molecule has 1 aromatic rings. The molecule has 3 N–H and O–H groups in total. The Hall–Kier alpha value is -0.330. The van der Waals surface area contributed by atoms with Gasteiger partial charge in [0.1, 0.15) is 4.90 Å². The zero-order chi connectivity index (χ0) is 15.3. The van der Waals surface area contributed by atoms with Crippen LogP contribution in [0.1, 0.15) is 32.3 Å². The third-order valence-electron chi connectivity index (χ3n) is 3.33. The average Bonchev–Trinajstić information content (AvgIpc) is 2.39. The van der Waals surface area contributed by atoms with Crippen molar-refractivity contribution in [3.8, 4) is 0 Å². The second-order valence-electron chi connectivity index (χ2n) is 4.61. The first-order chi connectivity index (χ1) is 9.35. The summed E-state index contributed by atoms with van der Waals surface area (Å²) in [4.78, 5) is 0.0231. The monoisotopic (exact) mass is 338 g/mol. The molecule has 0 saturated carbocycles. The van der Waals surface area contributed by atoms with E-state index in [1.54, 1.807) is 0 Å². The number of sulfonamides is 1. The first-order valence-corrected chi connectivity index (χ1v) is 8.77. The lowest BCUT2D eigenvalue weighted by molar-refractivity contribution is 0.479. The van der Waals surface area contributed by atoms with Gasteiger partial charge in [0, 0.05) is 18.1 Å². The summed E-state index contributed by atoms with van der Waals surface area (Å²) < 4.78 is 27.2. The van der Waals surface area contributed by atoms with Crippen molar-refractivity contribution in [2.75, 3.05) is 6.54 Å². The normalized spacial score (nSPS) is 12.1. The molecule has 4 nitrogen and oxygen atoms in total. The summed E-state index contributed by atoms with van der Waals surface area (Å²) in [5.74, 6) is 0.310. The maximum absolute atomic E-state index is 12.3. The van der Waals surface area contributed by atoms with Crippen LogP contribution in [0.3, 0.4) is 0 Å². The van der Waals surface area contributed by atoms with E-state index >= 15 is 0 Å². The highest BCUT2D eigenvalue weighted by Gasteiger charge is 2.20. The molecule has 0 aromatic heterocycles. The number of rotatable bonds is 7. The topological polar surface area (TPSA) is 72.2 Å². The third kappa shape index (κ3) is 4.33. The Labute approximate surface area is 130 Å². The Morgan fingerprint density at radius 3 is 2.30 bits per heavy atom. The summed E-state index contributed by atoms with van der Waals surface area (Å²) in [6.45, 7) is 4.62. The van der Waals surface area contributed by atoms with Crippen LogP contribution in [0.5, 0.6) is 0 Å². The van der Waals surface area contributed by atoms with E-state index in [2.05, 4.69) is 4.72 Å². The van der Waals surface area contributed by atoms with Gasteiger partial charge in [-0.05, 0) is 23.6 Å². The molecule has 0 amide bonds. The van der Waals surface area contributed by atoms with E-state index in [1.165, 1.54) is 12.1 Å². The van der Waals surface area contributed by atoms with Gasteiger partial charge in [0.15, 0.2) is 0 Å². The minimum atomic E-state index is -3.65. The minimum absolute atomic E-state index is 0.0231. The molecule has 0 heterocycles. The molecule has 0 atom stereocenters. The fourth-order valence-corrected chi connectivity index (χ4v) is 3.80. The van der Waals surface area contributed by atoms with E-state index in [4.69, 9.17) is 28.9 Å². The third-order valence-corrected chi connectivity index (χ3v) is 5.57. The van der Waals surface area contributed by atoms with Crippen molar-refractivity contribution in [2.24, 2.45) is 11.7 Å². The largest absolute Gasteiger partial charge is 0.326 e. The Morgan fingerprint density at radius 1 is 1.20 bits per heavy atom. The number of nitrogens with two attached hydrogens (primary N) is 1. The molecule has 0 bridgehead atoms. The van der Waals surface area contributed by atoms with Crippen molar-refractivity contribution in [3.05, 3.63) is 27.7 Å². The van der Waals surface area contributed by atoms with E-state index in [9.17, 15) is 8.42 Å². The van der Waals surface area contributed by atoms with Crippen LogP contribution < -0.4 is 10.5 Å². The number of benzene rings is 1. The summed E-state index contributed by atoms with van der Waals surface area (Å²) in [7, 11) is -3.65. The van der Waals surface area contributed by atoms with E-state index in [0.717, 1.165) is 12.8 Å². The van der Waals surface area contributed by atoms with E-state index in [1.807, 2.05) is 13.8 Å². The van der Waals surface area contributed by atoms with Gasteiger partial charge in [-0.1, -0.05) is 49.9 Å². The first kappa shape index (κ1) is 17.7. The molecule has 7 heteroatoms. The second-order valence-corrected chi connectivity index (χ2v) is 7.16. The van der Waals surface area contributed by atoms with Gasteiger partial charge in [0.25, 0.3) is 0 Å². The molecular weight excluding hydrogens is 319 g/mol. The molecule has 20 heavy (non-hydrogen) atoms. The SMILES string of the molecule is CCC(CC)CNS(=O)(=O)c1cc(CN)c(Cl)cc1Cl. The fraction of sp³-hybridized carbons (Fsp3) is 0.538. The van der Waals surface area contributed by atoms with E-state index in [0.29, 0.717) is 23.0 Å². The van der Waals surface area contributed by atoms with Crippen molar-refractivity contribution in [1.29, 1.82) is 0 Å². The number of nitrogens with one attached hydrogen (secondary N) is 1. The molecule has 0 aliphatic rings. The molecule has 114 valence electrons. The van der Waals surface area contributed by atoms with Crippen molar-refractivity contribution < 1.29 is 8.42 Å². The number of hydrogen-bond acceptors (Lipinski definition) is 3. The fourth-order valence-electron chi connectivity index (χ4n) is 1.82. The summed E-state index contributed by atoms with van der Waals surface area (Å²) in [5, 5.41) is 0.473. The van der Waals surface area contributed by atoms with Crippen molar-refractivity contribution in [2.45, 2.75) is 38.1 Å². The molecule has 0 spiro atoms. The highest BCUT2D eigenvalue weighted by molar-refractivity contribution is 7.89. The maximum Gasteiger partial charge on any atom is 0.242 e. The van der Waals surface area contributed by atoms with Crippen LogP contribution in [0.15, 0.2) is 17.0 Å². The van der Waals surface area contributed by atoms with Crippen LogP contribution >= 0.6 is 23.2 Å². The number of halogens is 2. The molecule has 0 aliphatic heterocycles. The van der Waals surface area contributed by atoms with Crippen molar-refractivity contribution >= 4 is 33.2 Å². The Bertz CT molecular complexity index is 558. The average molecular weight is 339 g/mol. The lowest BCUT2D eigenvalue weighted by Gasteiger charge is -2.15. The van der Waals surface area contributed by atoms with Crippen LogP contribution in [0.4, 0.5) is 0 Å². The summed E-state index contributed by atoms with van der Waals surface area (Å²) in [6, 6.07) is 2.84. The van der Waals surface area contributed by atoms with E-state index < -0.39 is 10.0 Å². The molecular formula is C13H20Cl2N2O2S. The summed E-state index contributed by atoms with van der Waals surface area (Å²) in [5.41, 5.74) is 6.09. The zero-order valence-electron chi connectivity index (χ0n) is 11.6. The standard InChI is InChI=1S/C13H20Cl2N2O2S/c1-3-9(4-2)8-17-20(18,19)13-5-10(7-16)11(14)6-12(13)15/h5-6,9,17H,3-4,7-8,16H2,1-2H3.